The van der Waals surface area contributed by atoms with Crippen molar-refractivity contribution < 1.29 is 29.3 Å². The molecule has 238 valence electrons. The fourth-order valence-corrected chi connectivity index (χ4v) is 6.77. The Morgan fingerprint density at radius 3 is 1.98 bits per heavy atom. The Bertz CT molecular complexity index is 1720. The Balaban J connectivity index is 1.20. The second kappa shape index (κ2) is 13.2. The molecule has 10 heteroatoms. The van der Waals surface area contributed by atoms with E-state index in [0.29, 0.717) is 56.9 Å². The van der Waals surface area contributed by atoms with Crippen LogP contribution in [0.3, 0.4) is 0 Å². The maximum absolute atomic E-state index is 13.3. The van der Waals surface area contributed by atoms with Crippen LogP contribution in [0.2, 0.25) is 10.0 Å². The number of aromatic hydroxyl groups is 2. The largest absolute Gasteiger partial charge is 0.508 e. The third-order valence-electron chi connectivity index (χ3n) is 8.99. The Morgan fingerprint density at radius 1 is 0.696 bits per heavy atom. The first kappa shape index (κ1) is 31.7. The molecule has 2 aliphatic rings. The van der Waals surface area contributed by atoms with Gasteiger partial charge < -0.3 is 29.9 Å². The highest BCUT2D eigenvalue weighted by atomic mass is 35.5. The average molecular weight is 662 g/mol. The number of piperidine rings is 2. The van der Waals surface area contributed by atoms with Crippen LogP contribution in [0.4, 0.5) is 5.69 Å². The van der Waals surface area contributed by atoms with Gasteiger partial charge in [0.2, 0.25) is 0 Å². The minimum atomic E-state index is -0.915. The molecule has 0 bridgehead atoms. The first-order valence-electron chi connectivity index (χ1n) is 15.2. The van der Waals surface area contributed by atoms with Gasteiger partial charge in [-0.05, 0) is 66.7 Å². The number of carbonyl (C=O) groups is 2. The van der Waals surface area contributed by atoms with Crippen LogP contribution in [0.1, 0.15) is 57.5 Å². The van der Waals surface area contributed by atoms with Crippen LogP contribution in [0, 0.1) is 0 Å². The monoisotopic (exact) mass is 660 g/mol. The van der Waals surface area contributed by atoms with Crippen LogP contribution in [0.25, 0.3) is 0 Å². The third kappa shape index (κ3) is 6.38. The molecule has 0 unspecified atom stereocenters. The lowest BCUT2D eigenvalue weighted by atomic mass is 9.83. The summed E-state index contributed by atoms with van der Waals surface area (Å²) in [7, 11) is 0. The maximum atomic E-state index is 13.3. The molecule has 8 nitrogen and oxygen atoms in total. The molecule has 0 saturated carbocycles. The molecule has 2 heterocycles. The predicted molar refractivity (Wildman–Crippen MR) is 177 cm³/mol. The van der Waals surface area contributed by atoms with Crippen LogP contribution in [-0.4, -0.2) is 48.3 Å². The summed E-state index contributed by atoms with van der Waals surface area (Å²) in [6, 6.07) is 26.4. The molecular formula is C36H34Cl2N2O6. The summed E-state index contributed by atoms with van der Waals surface area (Å²) in [6.45, 7) is 2.60. The molecule has 0 amide bonds. The highest BCUT2D eigenvalue weighted by Crippen LogP contribution is 2.41. The highest BCUT2D eigenvalue weighted by Gasteiger charge is 2.42. The van der Waals surface area contributed by atoms with Crippen molar-refractivity contribution in [2.24, 2.45) is 0 Å². The van der Waals surface area contributed by atoms with E-state index in [-0.39, 0.29) is 27.6 Å². The molecule has 2 saturated heterocycles. The van der Waals surface area contributed by atoms with Gasteiger partial charge in [0.05, 0.1) is 15.6 Å². The summed E-state index contributed by atoms with van der Waals surface area (Å²) in [5, 5.41) is 24.0. The number of halogens is 2. The van der Waals surface area contributed by atoms with Crippen LogP contribution in [0.5, 0.6) is 11.5 Å². The fraction of sp³-hybridized carbons (Fsp3) is 0.278. The first-order chi connectivity index (χ1) is 22.2. The van der Waals surface area contributed by atoms with Crippen LogP contribution in [-0.2, 0) is 20.7 Å². The predicted octanol–water partition coefficient (Wildman–Crippen LogP) is 7.19. The maximum Gasteiger partial charge on any atom is 0.342 e. The normalized spacial score (nSPS) is 17.2. The number of ether oxygens (including phenoxy) is 2. The summed E-state index contributed by atoms with van der Waals surface area (Å²) >= 11 is 12.5. The summed E-state index contributed by atoms with van der Waals surface area (Å²) in [6.07, 6.45) is 2.24. The zero-order valence-corrected chi connectivity index (χ0v) is 26.6. The number of rotatable bonds is 7. The molecule has 0 spiro atoms. The van der Waals surface area contributed by atoms with Crippen molar-refractivity contribution in [3.8, 4) is 11.5 Å². The zero-order valence-electron chi connectivity index (χ0n) is 25.0. The number of phenols is 2. The Morgan fingerprint density at radius 2 is 1.30 bits per heavy atom. The van der Waals surface area contributed by atoms with Gasteiger partial charge in [0.1, 0.15) is 28.3 Å². The Hall–Kier alpha value is -4.24. The summed E-state index contributed by atoms with van der Waals surface area (Å²) in [4.78, 5) is 28.8. The van der Waals surface area contributed by atoms with E-state index < -0.39 is 23.1 Å². The molecule has 6 rings (SSSR count). The van der Waals surface area contributed by atoms with Gasteiger partial charge in [-0.2, -0.15) is 0 Å². The Kier molecular flexibility index (Phi) is 9.13. The van der Waals surface area contributed by atoms with E-state index in [0.717, 1.165) is 16.8 Å². The van der Waals surface area contributed by atoms with E-state index in [4.69, 9.17) is 32.7 Å². The van der Waals surface area contributed by atoms with E-state index in [1.54, 1.807) is 18.2 Å². The van der Waals surface area contributed by atoms with Crippen LogP contribution in [0.15, 0.2) is 91.0 Å². The Labute approximate surface area is 277 Å². The van der Waals surface area contributed by atoms with E-state index in [1.807, 2.05) is 54.6 Å². The van der Waals surface area contributed by atoms with Crippen molar-refractivity contribution in [3.05, 3.63) is 123 Å². The molecule has 3 N–H and O–H groups in total. The van der Waals surface area contributed by atoms with Gasteiger partial charge >= 0.3 is 11.9 Å². The quantitative estimate of drug-likeness (QED) is 0.141. The van der Waals surface area contributed by atoms with Crippen LogP contribution < -0.4 is 10.2 Å². The topological polar surface area (TPSA) is 108 Å². The summed E-state index contributed by atoms with van der Waals surface area (Å²) in [5.41, 5.74) is 1.18. The van der Waals surface area contributed by atoms with Crippen LogP contribution >= 0.6 is 23.2 Å². The summed E-state index contributed by atoms with van der Waals surface area (Å²) < 4.78 is 12.4. The van der Waals surface area contributed by atoms with Gasteiger partial charge in [0.15, 0.2) is 0 Å². The van der Waals surface area contributed by atoms with Gasteiger partial charge in [-0.1, -0.05) is 71.7 Å². The van der Waals surface area contributed by atoms with Crippen molar-refractivity contribution in [2.45, 2.75) is 36.9 Å². The fourth-order valence-electron chi connectivity index (χ4n) is 6.39. The number of anilines is 1. The molecule has 0 aromatic heterocycles. The van der Waals surface area contributed by atoms with Crippen molar-refractivity contribution in [1.82, 2.24) is 5.32 Å². The highest BCUT2D eigenvalue weighted by molar-refractivity contribution is 6.43. The number of benzene rings is 4. The van der Waals surface area contributed by atoms with Crippen molar-refractivity contribution in [3.63, 3.8) is 0 Å². The SMILES string of the molecule is O=C(OC1(c2ccccc2)CCN(c2ccc(C3(OC(=O)c4cccc(Cl)c4Cl)CCNCC3)cc2)CC1)c1cc(O)ccc1O. The molecular weight excluding hydrogens is 627 g/mol. The lowest BCUT2D eigenvalue weighted by Gasteiger charge is -2.42. The molecule has 46 heavy (non-hydrogen) atoms. The number of hydrogen-bond donors (Lipinski definition) is 3. The molecule has 4 aromatic carbocycles. The standard InChI is InChI=1S/C36H34Cl2N2O6/c37-30-8-4-7-28(32(30)38)33(43)45-35(15-19-39-20-16-35)25-9-11-26(12-10-25)40-21-17-36(18-22-40,24-5-2-1-3-6-24)46-34(44)29-23-27(41)13-14-31(29)42/h1-14,23,39,41-42H,15-22H2. The van der Waals surface area contributed by atoms with Gasteiger partial charge in [0.25, 0.3) is 0 Å². The van der Waals surface area contributed by atoms with Gasteiger partial charge in [-0.15, -0.1) is 0 Å². The first-order valence-corrected chi connectivity index (χ1v) is 16.0. The van der Waals surface area contributed by atoms with Crippen molar-refractivity contribution >= 4 is 40.8 Å². The van der Waals surface area contributed by atoms with E-state index in [2.05, 4.69) is 10.2 Å². The number of nitrogens with one attached hydrogen (secondary N) is 1. The summed E-state index contributed by atoms with van der Waals surface area (Å²) in [5.74, 6) is -1.60. The van der Waals surface area contributed by atoms with Crippen molar-refractivity contribution in [1.29, 1.82) is 0 Å². The van der Waals surface area contributed by atoms with Gasteiger partial charge in [0, 0.05) is 44.5 Å². The number of carbonyl (C=O) groups excluding carboxylic acids is 2. The van der Waals surface area contributed by atoms with E-state index >= 15 is 0 Å². The second-order valence-electron chi connectivity index (χ2n) is 11.7. The number of phenolic OH excluding ortho intramolecular Hbond substituents is 2. The number of esters is 2. The zero-order chi connectivity index (χ0) is 32.3. The molecule has 0 atom stereocenters. The van der Waals surface area contributed by atoms with Gasteiger partial charge in [-0.25, -0.2) is 9.59 Å². The minimum absolute atomic E-state index is 0.0847. The lowest BCUT2D eigenvalue weighted by molar-refractivity contribution is -0.0379. The molecule has 2 aliphatic heterocycles. The second-order valence-corrected chi connectivity index (χ2v) is 12.5. The third-order valence-corrected chi connectivity index (χ3v) is 9.81. The van der Waals surface area contributed by atoms with Gasteiger partial charge in [-0.3, -0.25) is 0 Å². The molecule has 0 aliphatic carbocycles. The molecule has 0 radical (unpaired) electrons. The number of nitrogens with zero attached hydrogens (tertiary/aromatic N) is 1. The average Bonchev–Trinajstić information content (AvgIpc) is 3.08. The lowest BCUT2D eigenvalue weighted by Crippen LogP contribution is -2.45. The van der Waals surface area contributed by atoms with E-state index in [1.165, 1.54) is 18.2 Å². The molecule has 4 aromatic rings. The smallest absolute Gasteiger partial charge is 0.342 e. The van der Waals surface area contributed by atoms with Crippen molar-refractivity contribution in [2.75, 3.05) is 31.1 Å². The van der Waals surface area contributed by atoms with E-state index in [9.17, 15) is 19.8 Å². The molecule has 2 fully saturated rings. The minimum Gasteiger partial charge on any atom is -0.508 e. The number of hydrogen-bond acceptors (Lipinski definition) is 8.